The first-order chi connectivity index (χ1) is 36.5. The van der Waals surface area contributed by atoms with Crippen molar-refractivity contribution in [1.29, 1.82) is 0 Å². The summed E-state index contributed by atoms with van der Waals surface area (Å²) in [5.41, 5.74) is 21.4. The fraction of sp³-hybridized carbons (Fsp3) is 0.659. The number of nitrogens with one attached hydrogen (secondary N) is 9. The number of carboxylic acid groups (broad SMARTS) is 4. The van der Waals surface area contributed by atoms with Gasteiger partial charge in [-0.1, -0.05) is 20.3 Å². The molecule has 0 aromatic rings. The number of carboxylic acids is 4. The molecule has 0 radical (unpaired) electrons. The average Bonchev–Trinajstić information content (AvgIpc) is 3.36. The zero-order valence-corrected chi connectivity index (χ0v) is 44.7. The molecule has 32 nitrogen and oxygen atoms in total. The van der Waals surface area contributed by atoms with Gasteiger partial charge in [-0.25, -0.2) is 0 Å². The van der Waals surface area contributed by atoms with Gasteiger partial charge in [0.05, 0.1) is 13.0 Å². The van der Waals surface area contributed by atoms with Crippen molar-refractivity contribution in [2.45, 2.75) is 152 Å². The molecule has 0 spiro atoms. The Morgan fingerprint density at radius 1 is 0.423 bits per heavy atom. The van der Waals surface area contributed by atoms with Gasteiger partial charge in [0.1, 0.15) is 54.4 Å². The summed E-state index contributed by atoms with van der Waals surface area (Å²) in [5.74, 6) is -19.3. The molecule has 21 N–H and O–H groups in total. The SMILES string of the molecule is CC[C@H](C)[C@H](NC(=O)[C@H](CC(=O)O)NC(=O)[C@H](CCCCN)NC(=O)[C@H](CS)NC(=O)[C@H](CCC(=O)O)NC(=O)CN)C(=O)N[C@@H](CS)C(=O)N[C@@H](CCC(=O)O)C(=O)N[C@@H](CCC(=O)O)C(=O)N[C@@H](CCC(N)=O)C(N)=O. The number of primary amides is 2. The van der Waals surface area contributed by atoms with Crippen LogP contribution in [0.2, 0.25) is 0 Å². The predicted octanol–water partition coefficient (Wildman–Crippen LogP) is -6.84. The van der Waals surface area contributed by atoms with E-state index < -0.39 is 219 Å². The molecule has 0 aliphatic heterocycles. The predicted molar refractivity (Wildman–Crippen MR) is 277 cm³/mol. The van der Waals surface area contributed by atoms with Gasteiger partial charge >= 0.3 is 23.9 Å². The maximum atomic E-state index is 13.9. The highest BCUT2D eigenvalue weighted by Gasteiger charge is 2.37. The molecular weight excluding hydrogens is 1080 g/mol. The van der Waals surface area contributed by atoms with Crippen LogP contribution in [-0.2, 0) is 71.9 Å². The second-order valence-electron chi connectivity index (χ2n) is 17.6. The average molecular weight is 1150 g/mol. The quantitative estimate of drug-likeness (QED) is 0.0200. The maximum absolute atomic E-state index is 13.9. The Hall–Kier alpha value is -7.33. The van der Waals surface area contributed by atoms with Crippen molar-refractivity contribution in [2.24, 2.45) is 28.9 Å². The summed E-state index contributed by atoms with van der Waals surface area (Å²) in [6.45, 7) is 2.67. The number of hydrogen-bond acceptors (Lipinski definition) is 19. The number of carbonyl (C=O) groups is 15. The van der Waals surface area contributed by atoms with Crippen LogP contribution >= 0.6 is 25.3 Å². The minimum atomic E-state index is -1.94. The summed E-state index contributed by atoms with van der Waals surface area (Å²) in [7, 11) is 0. The third kappa shape index (κ3) is 28.2. The normalized spacial score (nSPS) is 14.7. The van der Waals surface area contributed by atoms with Crippen molar-refractivity contribution in [2.75, 3.05) is 24.6 Å². The summed E-state index contributed by atoms with van der Waals surface area (Å²) in [6.07, 6.45) is -5.05. The van der Waals surface area contributed by atoms with Crippen LogP contribution in [0, 0.1) is 5.92 Å². The summed E-state index contributed by atoms with van der Waals surface area (Å²) in [4.78, 5) is 190. The number of thiol groups is 2. The van der Waals surface area contributed by atoms with E-state index in [0.717, 1.165) is 0 Å². The first kappa shape index (κ1) is 70.7. The smallest absolute Gasteiger partial charge is 0.305 e. The van der Waals surface area contributed by atoms with Crippen molar-refractivity contribution >= 4 is 114 Å². The molecule has 34 heteroatoms. The molecular formula is C44H73N13O19S2. The maximum Gasteiger partial charge on any atom is 0.305 e. The van der Waals surface area contributed by atoms with E-state index in [1.807, 2.05) is 0 Å². The van der Waals surface area contributed by atoms with Crippen LogP contribution in [0.3, 0.4) is 0 Å². The van der Waals surface area contributed by atoms with E-state index in [9.17, 15) is 87.2 Å². The van der Waals surface area contributed by atoms with Gasteiger partial charge in [-0.2, -0.15) is 25.3 Å². The summed E-state index contributed by atoms with van der Waals surface area (Å²) >= 11 is 8.21. The number of aliphatic carboxylic acids is 4. The topological polar surface area (TPSA) is 549 Å². The number of hydrogen-bond donors (Lipinski definition) is 19. The molecule has 0 aromatic heterocycles. The number of amides is 11. The van der Waals surface area contributed by atoms with Crippen LogP contribution in [-0.4, -0.2) is 188 Å². The van der Waals surface area contributed by atoms with Gasteiger partial charge < -0.3 is 91.2 Å². The van der Waals surface area contributed by atoms with Gasteiger partial charge in [-0.05, 0) is 57.4 Å². The third-order valence-corrected chi connectivity index (χ3v) is 12.1. The fourth-order valence-electron chi connectivity index (χ4n) is 6.82. The van der Waals surface area contributed by atoms with Crippen molar-refractivity contribution in [1.82, 2.24) is 47.9 Å². The van der Waals surface area contributed by atoms with E-state index in [-0.39, 0.29) is 32.2 Å². The zero-order chi connectivity index (χ0) is 59.8. The van der Waals surface area contributed by atoms with Crippen molar-refractivity contribution < 1.29 is 92.3 Å². The molecule has 0 aliphatic carbocycles. The van der Waals surface area contributed by atoms with Crippen LogP contribution in [0.1, 0.15) is 97.3 Å². The Balaban J connectivity index is 6.64. The fourth-order valence-corrected chi connectivity index (χ4v) is 7.33. The first-order valence-electron chi connectivity index (χ1n) is 24.3. The Kier molecular flexibility index (Phi) is 33.9. The van der Waals surface area contributed by atoms with E-state index in [1.54, 1.807) is 6.92 Å². The molecule has 11 amide bonds. The second kappa shape index (κ2) is 37.4. The highest BCUT2D eigenvalue weighted by Crippen LogP contribution is 2.12. The summed E-state index contributed by atoms with van der Waals surface area (Å²) < 4.78 is 0. The van der Waals surface area contributed by atoms with Gasteiger partial charge in [0.25, 0.3) is 0 Å². The number of unbranched alkanes of at least 4 members (excludes halogenated alkanes) is 1. The summed E-state index contributed by atoms with van der Waals surface area (Å²) in [5, 5.41) is 58.2. The lowest BCUT2D eigenvalue weighted by molar-refractivity contribution is -0.142. The lowest BCUT2D eigenvalue weighted by atomic mass is 9.97. The van der Waals surface area contributed by atoms with Crippen molar-refractivity contribution in [3.63, 3.8) is 0 Å². The van der Waals surface area contributed by atoms with Crippen LogP contribution in [0.4, 0.5) is 0 Å². The van der Waals surface area contributed by atoms with E-state index in [0.29, 0.717) is 6.42 Å². The molecule has 10 atom stereocenters. The molecule has 0 rings (SSSR count). The molecule has 78 heavy (non-hydrogen) atoms. The number of nitrogens with two attached hydrogens (primary N) is 4. The first-order valence-corrected chi connectivity index (χ1v) is 25.6. The summed E-state index contributed by atoms with van der Waals surface area (Å²) in [6, 6.07) is -14.7. The van der Waals surface area contributed by atoms with Gasteiger partial charge in [0.15, 0.2) is 0 Å². The van der Waals surface area contributed by atoms with Gasteiger partial charge in [0.2, 0.25) is 65.0 Å². The van der Waals surface area contributed by atoms with Gasteiger partial charge in [-0.3, -0.25) is 71.9 Å². The molecule has 0 heterocycles. The van der Waals surface area contributed by atoms with Crippen molar-refractivity contribution in [3.8, 4) is 0 Å². The lowest BCUT2D eigenvalue weighted by Gasteiger charge is -2.29. The molecule has 0 saturated carbocycles. The largest absolute Gasteiger partial charge is 0.481 e. The van der Waals surface area contributed by atoms with Gasteiger partial charge in [-0.15, -0.1) is 0 Å². The Morgan fingerprint density at radius 2 is 0.769 bits per heavy atom. The number of carbonyl (C=O) groups excluding carboxylic acids is 11. The molecule has 0 bridgehead atoms. The lowest BCUT2D eigenvalue weighted by Crippen LogP contribution is -2.62. The van der Waals surface area contributed by atoms with Crippen LogP contribution in [0.15, 0.2) is 0 Å². The molecule has 0 unspecified atom stereocenters. The Labute approximate surface area is 458 Å². The van der Waals surface area contributed by atoms with Gasteiger partial charge in [0, 0.05) is 37.2 Å². The minimum Gasteiger partial charge on any atom is -0.481 e. The van der Waals surface area contributed by atoms with Crippen LogP contribution in [0.25, 0.3) is 0 Å². The van der Waals surface area contributed by atoms with Crippen molar-refractivity contribution in [3.05, 3.63) is 0 Å². The molecule has 0 saturated heterocycles. The highest BCUT2D eigenvalue weighted by molar-refractivity contribution is 7.80. The molecule has 440 valence electrons. The number of rotatable bonds is 41. The zero-order valence-electron chi connectivity index (χ0n) is 42.9. The van der Waals surface area contributed by atoms with E-state index >= 15 is 0 Å². The Morgan fingerprint density at radius 3 is 1.13 bits per heavy atom. The monoisotopic (exact) mass is 1150 g/mol. The highest BCUT2D eigenvalue weighted by atomic mass is 32.1. The molecule has 0 aliphatic rings. The van der Waals surface area contributed by atoms with E-state index in [1.165, 1.54) is 6.92 Å². The molecule has 0 aromatic carbocycles. The van der Waals surface area contributed by atoms with E-state index in [4.69, 9.17) is 28.0 Å². The third-order valence-electron chi connectivity index (χ3n) is 11.4. The molecule has 0 fully saturated rings. The minimum absolute atomic E-state index is 0.143. The van der Waals surface area contributed by atoms with E-state index in [2.05, 4.69) is 73.1 Å². The second-order valence-corrected chi connectivity index (χ2v) is 18.3. The Bertz CT molecular complexity index is 2160. The van der Waals surface area contributed by atoms with Crippen LogP contribution in [0.5, 0.6) is 0 Å². The van der Waals surface area contributed by atoms with Crippen LogP contribution < -0.4 is 70.8 Å². The standard InChI is InChI=1S/C44H73N13O19S2/c1-3-20(2)35(44(76)56-28(19-78)43(75)53-25(10-14-33(64)65)40(72)52-24(9-13-32(62)63)39(71)50-21(36(48)68)7-11-29(47)58)57-41(73)26(16-34(66)67)54-37(69)22(6-4-5-15-45)51-42(74)27(18-77)55-38(70)23(8-12-31(60)61)49-30(59)17-46/h20-28,35,77-78H,3-19,45-46H2,1-2H3,(H2,47,58)(H2,48,68)(H,49,59)(H,50,71)(H,51,74)(H,52,72)(H,53,75)(H,54,69)(H,55,70)(H,56,76)(H,57,73)(H,60,61)(H,62,63)(H,64,65)(H,66,67)/t20-,21-,22-,23-,24-,25-,26-,27-,28-,35-/m0/s1.